The average Bonchev–Trinajstić information content (AvgIpc) is 2.78. The van der Waals surface area contributed by atoms with Crippen molar-refractivity contribution in [3.63, 3.8) is 0 Å². The van der Waals surface area contributed by atoms with Gasteiger partial charge in [-0.25, -0.2) is 0 Å². The lowest BCUT2D eigenvalue weighted by atomic mass is 10.1. The fourth-order valence-electron chi connectivity index (χ4n) is 2.30. The molecule has 0 aromatic rings. The molecule has 0 saturated carbocycles. The van der Waals surface area contributed by atoms with Crippen molar-refractivity contribution < 1.29 is 24.1 Å². The molecule has 2 unspecified atom stereocenters. The molecule has 0 amide bonds. The highest BCUT2D eigenvalue weighted by Crippen LogP contribution is 2.31. The van der Waals surface area contributed by atoms with Crippen LogP contribution >= 0.6 is 0 Å². The molecule has 0 fully saturated rings. The summed E-state index contributed by atoms with van der Waals surface area (Å²) in [7, 11) is 0. The predicted molar refractivity (Wildman–Crippen MR) is 75.3 cm³/mol. The highest BCUT2D eigenvalue weighted by Gasteiger charge is 2.36. The van der Waals surface area contributed by atoms with Gasteiger partial charge >= 0.3 is 5.97 Å². The molecule has 0 saturated heterocycles. The second-order valence-electron chi connectivity index (χ2n) is 4.85. The Morgan fingerprint density at radius 2 is 2.00 bits per heavy atom. The van der Waals surface area contributed by atoms with Gasteiger partial charge in [0.1, 0.15) is 0 Å². The number of hydrogen-bond donors (Lipinski definition) is 1. The molecule has 0 radical (unpaired) electrons. The van der Waals surface area contributed by atoms with Gasteiger partial charge in [-0.15, -0.1) is 0 Å². The molecule has 5 heteroatoms. The minimum atomic E-state index is -0.725. The van der Waals surface area contributed by atoms with Gasteiger partial charge in [-0.3, -0.25) is 4.79 Å². The van der Waals surface area contributed by atoms with Crippen LogP contribution in [-0.2, 0) is 19.0 Å². The lowest BCUT2D eigenvalue weighted by Gasteiger charge is -2.28. The summed E-state index contributed by atoms with van der Waals surface area (Å²) in [6, 6.07) is 0. The van der Waals surface area contributed by atoms with E-state index in [2.05, 4.69) is 0 Å². The van der Waals surface area contributed by atoms with E-state index in [1.54, 1.807) is 0 Å². The van der Waals surface area contributed by atoms with E-state index in [1.165, 1.54) is 0 Å². The minimum absolute atomic E-state index is 0.249. The van der Waals surface area contributed by atoms with Gasteiger partial charge < -0.3 is 19.3 Å². The summed E-state index contributed by atoms with van der Waals surface area (Å²) in [5.74, 6) is -1.39. The van der Waals surface area contributed by atoms with Gasteiger partial charge in [0.2, 0.25) is 0 Å². The van der Waals surface area contributed by atoms with Gasteiger partial charge in [-0.1, -0.05) is 12.8 Å². The van der Waals surface area contributed by atoms with Gasteiger partial charge in [0.05, 0.1) is 0 Å². The fraction of sp³-hybridized carbons (Fsp3) is 0.800. The highest BCUT2D eigenvalue weighted by molar-refractivity contribution is 5.66. The SMILES string of the molecule is CCOC1C=CC(CCCCCCC(=O)O)(OCC)O1. The van der Waals surface area contributed by atoms with Crippen molar-refractivity contribution in [1.82, 2.24) is 0 Å². The third-order valence-corrected chi connectivity index (χ3v) is 3.21. The second-order valence-corrected chi connectivity index (χ2v) is 4.85. The largest absolute Gasteiger partial charge is 0.481 e. The van der Waals surface area contributed by atoms with Crippen molar-refractivity contribution >= 4 is 5.97 Å². The van der Waals surface area contributed by atoms with Crippen LogP contribution in [0.15, 0.2) is 12.2 Å². The summed E-state index contributed by atoms with van der Waals surface area (Å²) < 4.78 is 17.0. The van der Waals surface area contributed by atoms with Crippen LogP contribution < -0.4 is 0 Å². The van der Waals surface area contributed by atoms with Crippen LogP contribution in [0, 0.1) is 0 Å². The molecule has 1 heterocycles. The molecule has 0 bridgehead atoms. The van der Waals surface area contributed by atoms with E-state index in [0.717, 1.165) is 32.1 Å². The molecule has 2 atom stereocenters. The number of unbranched alkanes of at least 4 members (excludes halogenated alkanes) is 3. The second kappa shape index (κ2) is 9.10. The zero-order valence-electron chi connectivity index (χ0n) is 12.5. The number of rotatable bonds is 11. The van der Waals surface area contributed by atoms with Crippen LogP contribution in [-0.4, -0.2) is 36.4 Å². The first-order valence-corrected chi connectivity index (χ1v) is 7.46. The van der Waals surface area contributed by atoms with Crippen LogP contribution in [0.3, 0.4) is 0 Å². The van der Waals surface area contributed by atoms with E-state index < -0.39 is 11.8 Å². The number of carbonyl (C=O) groups is 1. The van der Waals surface area contributed by atoms with E-state index in [4.69, 9.17) is 19.3 Å². The molecule has 1 rings (SSSR count). The van der Waals surface area contributed by atoms with E-state index in [1.807, 2.05) is 26.0 Å². The summed E-state index contributed by atoms with van der Waals surface area (Å²) in [6.45, 7) is 5.06. The van der Waals surface area contributed by atoms with Crippen molar-refractivity contribution in [3.05, 3.63) is 12.2 Å². The predicted octanol–water partition coefficient (Wildman–Crippen LogP) is 3.09. The van der Waals surface area contributed by atoms with Gasteiger partial charge in [0.15, 0.2) is 12.1 Å². The van der Waals surface area contributed by atoms with Gasteiger partial charge in [-0.2, -0.15) is 0 Å². The van der Waals surface area contributed by atoms with Crippen LogP contribution in [0.2, 0.25) is 0 Å². The molecule has 20 heavy (non-hydrogen) atoms. The quantitative estimate of drug-likeness (QED) is 0.467. The minimum Gasteiger partial charge on any atom is -0.481 e. The van der Waals surface area contributed by atoms with Crippen LogP contribution in [0.5, 0.6) is 0 Å². The number of aliphatic carboxylic acids is 1. The lowest BCUT2D eigenvalue weighted by molar-refractivity contribution is -0.258. The first-order chi connectivity index (χ1) is 9.62. The Hall–Kier alpha value is -0.910. The summed E-state index contributed by atoms with van der Waals surface area (Å²) in [5, 5.41) is 8.57. The van der Waals surface area contributed by atoms with Crippen molar-refractivity contribution in [2.45, 2.75) is 64.4 Å². The maximum absolute atomic E-state index is 10.4. The molecule has 5 nitrogen and oxygen atoms in total. The average molecular weight is 286 g/mol. The molecule has 1 aliphatic rings. The van der Waals surface area contributed by atoms with E-state index in [0.29, 0.717) is 13.2 Å². The fourth-order valence-corrected chi connectivity index (χ4v) is 2.30. The van der Waals surface area contributed by atoms with Crippen LogP contribution in [0.1, 0.15) is 52.4 Å². The molecule has 0 aliphatic carbocycles. The monoisotopic (exact) mass is 286 g/mol. The standard InChI is InChI=1S/C15H26O5/c1-3-18-14-10-12-15(20-14,19-4-2)11-8-6-5-7-9-13(16)17/h10,12,14H,3-9,11H2,1-2H3,(H,16,17). The van der Waals surface area contributed by atoms with Crippen molar-refractivity contribution in [2.75, 3.05) is 13.2 Å². The van der Waals surface area contributed by atoms with Crippen molar-refractivity contribution in [2.24, 2.45) is 0 Å². The Balaban J connectivity index is 2.26. The number of ether oxygens (including phenoxy) is 3. The molecule has 1 aliphatic heterocycles. The molecule has 0 spiro atoms. The van der Waals surface area contributed by atoms with E-state index >= 15 is 0 Å². The Bertz CT molecular complexity index is 315. The lowest BCUT2D eigenvalue weighted by Crippen LogP contribution is -2.33. The third-order valence-electron chi connectivity index (χ3n) is 3.21. The molecular formula is C15H26O5. The Labute approximate surface area is 120 Å². The van der Waals surface area contributed by atoms with E-state index in [-0.39, 0.29) is 12.7 Å². The first kappa shape index (κ1) is 17.1. The highest BCUT2D eigenvalue weighted by atomic mass is 16.8. The van der Waals surface area contributed by atoms with Gasteiger partial charge in [0, 0.05) is 26.1 Å². The normalized spacial score (nSPS) is 25.2. The molecule has 0 aromatic heterocycles. The molecule has 0 aromatic carbocycles. The zero-order chi connectivity index (χ0) is 14.8. The smallest absolute Gasteiger partial charge is 0.303 e. The molecular weight excluding hydrogens is 260 g/mol. The van der Waals surface area contributed by atoms with Crippen molar-refractivity contribution in [1.29, 1.82) is 0 Å². The molecule has 1 N–H and O–H groups in total. The number of carboxylic acids is 1. The Kier molecular flexibility index (Phi) is 7.80. The molecule has 116 valence electrons. The Morgan fingerprint density at radius 1 is 1.25 bits per heavy atom. The summed E-state index contributed by atoms with van der Waals surface area (Å²) in [4.78, 5) is 10.4. The van der Waals surface area contributed by atoms with E-state index in [9.17, 15) is 4.79 Å². The van der Waals surface area contributed by atoms with Gasteiger partial charge in [-0.05, 0) is 38.8 Å². The maximum atomic E-state index is 10.4. The number of carboxylic acid groups (broad SMARTS) is 1. The number of hydrogen-bond acceptors (Lipinski definition) is 4. The van der Waals surface area contributed by atoms with Crippen LogP contribution in [0.25, 0.3) is 0 Å². The van der Waals surface area contributed by atoms with Crippen LogP contribution in [0.4, 0.5) is 0 Å². The zero-order valence-corrected chi connectivity index (χ0v) is 12.5. The van der Waals surface area contributed by atoms with Crippen molar-refractivity contribution in [3.8, 4) is 0 Å². The summed E-state index contributed by atoms with van der Waals surface area (Å²) in [5.41, 5.74) is 0. The topological polar surface area (TPSA) is 65.0 Å². The van der Waals surface area contributed by atoms with Gasteiger partial charge in [0.25, 0.3) is 0 Å². The first-order valence-electron chi connectivity index (χ1n) is 7.46. The Morgan fingerprint density at radius 3 is 2.65 bits per heavy atom. The summed E-state index contributed by atoms with van der Waals surface area (Å²) in [6.07, 6.45) is 8.12. The third kappa shape index (κ3) is 6.03. The summed E-state index contributed by atoms with van der Waals surface area (Å²) >= 11 is 0. The maximum Gasteiger partial charge on any atom is 0.303 e.